The van der Waals surface area contributed by atoms with E-state index in [0.717, 1.165) is 16.7 Å². The second-order valence-electron chi connectivity index (χ2n) is 5.25. The number of hydrogen-bond donors (Lipinski definition) is 2. The third-order valence-electron chi connectivity index (χ3n) is 3.51. The van der Waals surface area contributed by atoms with Gasteiger partial charge >= 0.3 is 0 Å². The van der Waals surface area contributed by atoms with Crippen LogP contribution in [0.25, 0.3) is 11.0 Å². The molecule has 3 rings (SSSR count). The summed E-state index contributed by atoms with van der Waals surface area (Å²) >= 11 is 5.96. The zero-order valence-electron chi connectivity index (χ0n) is 12.3. The van der Waals surface area contributed by atoms with Crippen LogP contribution in [0.2, 0.25) is 5.02 Å². The number of benzene rings is 1. The minimum absolute atomic E-state index is 0.0745. The summed E-state index contributed by atoms with van der Waals surface area (Å²) in [6.07, 6.45) is 3.65. The summed E-state index contributed by atoms with van der Waals surface area (Å²) in [7, 11) is 1.86. The molecule has 7 heteroatoms. The van der Waals surface area contributed by atoms with Crippen LogP contribution >= 0.6 is 11.6 Å². The Morgan fingerprint density at radius 2 is 2.32 bits per heavy atom. The van der Waals surface area contributed by atoms with Crippen molar-refractivity contribution in [3.8, 4) is 0 Å². The van der Waals surface area contributed by atoms with Crippen molar-refractivity contribution in [3.05, 3.63) is 47.3 Å². The molecular formula is C15H16ClN5O. The van der Waals surface area contributed by atoms with Crippen LogP contribution in [0.15, 0.2) is 30.7 Å². The van der Waals surface area contributed by atoms with Crippen molar-refractivity contribution in [2.75, 3.05) is 0 Å². The first-order chi connectivity index (χ1) is 10.5. The van der Waals surface area contributed by atoms with E-state index in [-0.39, 0.29) is 18.4 Å². The number of hydrogen-bond acceptors (Lipinski definition) is 3. The minimum Gasteiger partial charge on any atom is -0.346 e. The number of carbonyl (C=O) groups is 1. The fourth-order valence-corrected chi connectivity index (χ4v) is 2.46. The normalized spacial score (nSPS) is 12.5. The molecule has 0 radical (unpaired) electrons. The minimum atomic E-state index is -0.216. The second kappa shape index (κ2) is 5.81. The van der Waals surface area contributed by atoms with Crippen LogP contribution in [0.1, 0.15) is 24.5 Å². The van der Waals surface area contributed by atoms with Crippen molar-refractivity contribution in [3.63, 3.8) is 0 Å². The Morgan fingerprint density at radius 1 is 1.50 bits per heavy atom. The molecular weight excluding hydrogens is 302 g/mol. The molecule has 22 heavy (non-hydrogen) atoms. The molecule has 0 aliphatic carbocycles. The van der Waals surface area contributed by atoms with Gasteiger partial charge in [0.05, 0.1) is 29.8 Å². The van der Waals surface area contributed by atoms with Crippen molar-refractivity contribution in [2.24, 2.45) is 7.05 Å². The monoisotopic (exact) mass is 317 g/mol. The molecule has 1 atom stereocenters. The molecule has 1 unspecified atom stereocenters. The number of halogens is 1. The van der Waals surface area contributed by atoms with E-state index in [1.807, 2.05) is 30.7 Å². The maximum Gasteiger partial charge on any atom is 0.226 e. The molecule has 2 aromatic heterocycles. The summed E-state index contributed by atoms with van der Waals surface area (Å²) in [4.78, 5) is 23.8. The van der Waals surface area contributed by atoms with Gasteiger partial charge in [0.1, 0.15) is 5.82 Å². The van der Waals surface area contributed by atoms with Gasteiger partial charge in [0.25, 0.3) is 0 Å². The molecule has 0 saturated heterocycles. The van der Waals surface area contributed by atoms with Gasteiger partial charge in [-0.2, -0.15) is 0 Å². The number of nitrogens with one attached hydrogen (secondary N) is 2. The Hall–Kier alpha value is -2.34. The summed E-state index contributed by atoms with van der Waals surface area (Å²) in [6, 6.07) is 5.24. The summed E-state index contributed by atoms with van der Waals surface area (Å²) in [5, 5.41) is 3.58. The molecule has 0 aliphatic heterocycles. The summed E-state index contributed by atoms with van der Waals surface area (Å²) in [5.74, 6) is 0.630. The second-order valence-corrected chi connectivity index (χ2v) is 5.68. The molecule has 2 N–H and O–H groups in total. The average molecular weight is 318 g/mol. The molecule has 0 aliphatic rings. The highest BCUT2D eigenvalue weighted by molar-refractivity contribution is 6.31. The van der Waals surface area contributed by atoms with E-state index in [1.54, 1.807) is 18.6 Å². The Kier molecular flexibility index (Phi) is 3.85. The van der Waals surface area contributed by atoms with E-state index in [9.17, 15) is 4.79 Å². The van der Waals surface area contributed by atoms with Gasteiger partial charge in [0.2, 0.25) is 5.91 Å². The number of fused-ring (bicyclic) bond motifs is 1. The Bertz CT molecular complexity index is 822. The van der Waals surface area contributed by atoms with Gasteiger partial charge in [-0.25, -0.2) is 9.97 Å². The Labute approximate surface area is 132 Å². The van der Waals surface area contributed by atoms with Crippen molar-refractivity contribution in [1.82, 2.24) is 24.8 Å². The van der Waals surface area contributed by atoms with E-state index < -0.39 is 0 Å². The van der Waals surface area contributed by atoms with Crippen LogP contribution in [0.5, 0.6) is 0 Å². The average Bonchev–Trinajstić information content (AvgIpc) is 3.05. The van der Waals surface area contributed by atoms with E-state index in [0.29, 0.717) is 10.8 Å². The summed E-state index contributed by atoms with van der Waals surface area (Å²) in [6.45, 7) is 1.89. The number of aromatic nitrogens is 4. The van der Waals surface area contributed by atoms with E-state index in [2.05, 4.69) is 20.3 Å². The molecule has 0 saturated carbocycles. The van der Waals surface area contributed by atoms with Gasteiger partial charge < -0.3 is 14.9 Å². The molecule has 0 fully saturated rings. The lowest BCUT2D eigenvalue weighted by Gasteiger charge is -2.11. The first kappa shape index (κ1) is 14.6. The molecule has 6 nitrogen and oxygen atoms in total. The van der Waals surface area contributed by atoms with Crippen LogP contribution in [-0.4, -0.2) is 25.4 Å². The molecule has 0 spiro atoms. The number of nitrogens with zero attached hydrogens (tertiary/aromatic N) is 3. The molecule has 0 bridgehead atoms. The lowest BCUT2D eigenvalue weighted by atomic mass is 10.2. The van der Waals surface area contributed by atoms with E-state index in [1.165, 1.54) is 0 Å². The van der Waals surface area contributed by atoms with Gasteiger partial charge in [-0.1, -0.05) is 11.6 Å². The number of aromatic amines is 1. The fraction of sp³-hybridized carbons (Fsp3) is 0.267. The molecule has 114 valence electrons. The number of imidazole rings is 2. The lowest BCUT2D eigenvalue weighted by molar-refractivity contribution is -0.121. The highest BCUT2D eigenvalue weighted by Crippen LogP contribution is 2.19. The van der Waals surface area contributed by atoms with Gasteiger partial charge in [0, 0.05) is 24.0 Å². The van der Waals surface area contributed by atoms with Gasteiger partial charge in [-0.05, 0) is 25.1 Å². The zero-order chi connectivity index (χ0) is 15.7. The number of aryl methyl sites for hydroxylation is 1. The zero-order valence-corrected chi connectivity index (χ0v) is 13.1. The van der Waals surface area contributed by atoms with Crippen LogP contribution < -0.4 is 5.32 Å². The number of amides is 1. The van der Waals surface area contributed by atoms with Crippen LogP contribution in [0.4, 0.5) is 0 Å². The first-order valence-corrected chi connectivity index (χ1v) is 7.30. The van der Waals surface area contributed by atoms with Crippen LogP contribution in [0.3, 0.4) is 0 Å². The third-order valence-corrected chi connectivity index (χ3v) is 3.74. The molecule has 1 aromatic carbocycles. The van der Waals surface area contributed by atoms with E-state index in [4.69, 9.17) is 11.6 Å². The predicted molar refractivity (Wildman–Crippen MR) is 84.6 cm³/mol. The van der Waals surface area contributed by atoms with Crippen molar-refractivity contribution in [2.45, 2.75) is 19.4 Å². The maximum atomic E-state index is 12.1. The highest BCUT2D eigenvalue weighted by Gasteiger charge is 2.15. The van der Waals surface area contributed by atoms with Crippen LogP contribution in [0, 0.1) is 0 Å². The van der Waals surface area contributed by atoms with Gasteiger partial charge in [-0.15, -0.1) is 0 Å². The standard InChI is InChI=1S/C15H16ClN5O/c1-9(18-14(22)6-11-7-17-8-21(11)2)15-19-12-4-3-10(16)5-13(12)20-15/h3-5,7-9H,6H2,1-2H3,(H,18,22)(H,19,20). The van der Waals surface area contributed by atoms with Crippen molar-refractivity contribution >= 4 is 28.5 Å². The number of carbonyl (C=O) groups excluding carboxylic acids is 1. The Morgan fingerprint density at radius 3 is 3.05 bits per heavy atom. The summed E-state index contributed by atoms with van der Waals surface area (Å²) < 4.78 is 1.83. The maximum absolute atomic E-state index is 12.1. The third kappa shape index (κ3) is 2.96. The Balaban J connectivity index is 1.71. The smallest absolute Gasteiger partial charge is 0.226 e. The van der Waals surface area contributed by atoms with Crippen LogP contribution in [-0.2, 0) is 18.3 Å². The molecule has 1 amide bonds. The number of H-pyrrole nitrogens is 1. The molecule has 2 heterocycles. The quantitative estimate of drug-likeness (QED) is 0.775. The van der Waals surface area contributed by atoms with Crippen molar-refractivity contribution < 1.29 is 4.79 Å². The molecule has 3 aromatic rings. The SMILES string of the molecule is CC(NC(=O)Cc1cncn1C)c1nc2ccc(Cl)cc2[nH]1. The lowest BCUT2D eigenvalue weighted by Crippen LogP contribution is -2.29. The number of rotatable bonds is 4. The van der Waals surface area contributed by atoms with Gasteiger partial charge in [-0.3, -0.25) is 4.79 Å². The fourth-order valence-electron chi connectivity index (χ4n) is 2.29. The van der Waals surface area contributed by atoms with Crippen molar-refractivity contribution in [1.29, 1.82) is 0 Å². The van der Waals surface area contributed by atoms with Gasteiger partial charge in [0.15, 0.2) is 0 Å². The largest absolute Gasteiger partial charge is 0.346 e. The predicted octanol–water partition coefficient (Wildman–Crippen LogP) is 2.37. The highest BCUT2D eigenvalue weighted by atomic mass is 35.5. The van der Waals surface area contributed by atoms with E-state index >= 15 is 0 Å². The topological polar surface area (TPSA) is 75.6 Å². The first-order valence-electron chi connectivity index (χ1n) is 6.92. The summed E-state index contributed by atoms with van der Waals surface area (Å²) in [5.41, 5.74) is 2.54.